The summed E-state index contributed by atoms with van der Waals surface area (Å²) in [6, 6.07) is 0. The highest BCUT2D eigenvalue weighted by molar-refractivity contribution is 5.88. The molecule has 0 spiro atoms. The predicted octanol–water partition coefficient (Wildman–Crippen LogP) is 0.791. The van der Waals surface area contributed by atoms with Gasteiger partial charge in [-0.2, -0.15) is 0 Å². The van der Waals surface area contributed by atoms with Gasteiger partial charge in [0.05, 0.1) is 24.5 Å². The number of nitrogens with two attached hydrogens (primary N) is 2. The molecule has 1 aliphatic carbocycles. The minimum Gasteiger partial charge on any atom is -0.378 e. The van der Waals surface area contributed by atoms with E-state index in [1.54, 1.807) is 6.20 Å². The van der Waals surface area contributed by atoms with Crippen molar-refractivity contribution >= 4 is 28.9 Å². The topological polar surface area (TPSA) is 146 Å². The number of nitrogens with one attached hydrogen (secondary N) is 1. The Morgan fingerprint density at radius 1 is 1.16 bits per heavy atom. The summed E-state index contributed by atoms with van der Waals surface area (Å²) in [5.41, 5.74) is 14.6. The smallest absolute Gasteiger partial charge is 0.220 e. The number of morpholine rings is 1. The molecular weight excluding hydrogens is 396 g/mol. The first-order valence-electron chi connectivity index (χ1n) is 10.8. The maximum absolute atomic E-state index is 5.76. The van der Waals surface area contributed by atoms with E-state index in [9.17, 15) is 0 Å². The Morgan fingerprint density at radius 2 is 1.97 bits per heavy atom. The van der Waals surface area contributed by atoms with E-state index in [0.29, 0.717) is 38.0 Å². The van der Waals surface area contributed by atoms with Crippen LogP contribution in [0.4, 0.5) is 17.7 Å². The molecular formula is C20H28N10O. The Kier molecular flexibility index (Phi) is 5.28. The standard InChI is InChI=1S/C20H28N10O/c1-12-14(10-24-19(22)25-12)16-27-17(29-6-8-31-9-7-29)15-18(28-16)30(11-13-2-3-13)20(26-15)23-5-4-21/h10,13H,2-9,11,21H2,1H3,(H,23,26)(H2,22,24,25). The van der Waals surface area contributed by atoms with Gasteiger partial charge in [-0.05, 0) is 25.7 Å². The van der Waals surface area contributed by atoms with Crippen molar-refractivity contribution in [3.63, 3.8) is 0 Å². The molecule has 5 rings (SSSR count). The van der Waals surface area contributed by atoms with Crippen LogP contribution in [-0.2, 0) is 11.3 Å². The van der Waals surface area contributed by atoms with Crippen LogP contribution in [0.5, 0.6) is 0 Å². The van der Waals surface area contributed by atoms with E-state index in [1.165, 1.54) is 12.8 Å². The fraction of sp³-hybridized carbons (Fsp3) is 0.550. The third-order valence-corrected chi connectivity index (χ3v) is 5.69. The van der Waals surface area contributed by atoms with Gasteiger partial charge in [-0.3, -0.25) is 4.57 Å². The van der Waals surface area contributed by atoms with Gasteiger partial charge in [-0.25, -0.2) is 24.9 Å². The van der Waals surface area contributed by atoms with E-state index >= 15 is 0 Å². The molecule has 2 aliphatic rings. The molecule has 0 radical (unpaired) electrons. The number of anilines is 3. The molecule has 0 atom stereocenters. The average molecular weight is 425 g/mol. The summed E-state index contributed by atoms with van der Waals surface area (Å²) in [4.78, 5) is 25.5. The predicted molar refractivity (Wildman–Crippen MR) is 119 cm³/mol. The van der Waals surface area contributed by atoms with Crippen LogP contribution in [0.1, 0.15) is 18.5 Å². The van der Waals surface area contributed by atoms with Crippen LogP contribution in [0.25, 0.3) is 22.6 Å². The highest BCUT2D eigenvalue weighted by Gasteiger charge is 2.28. The lowest BCUT2D eigenvalue weighted by Gasteiger charge is -2.28. The molecule has 0 amide bonds. The lowest BCUT2D eigenvalue weighted by atomic mass is 10.2. The number of nitrogen functional groups attached to an aromatic ring is 1. The fourth-order valence-electron chi connectivity index (χ4n) is 3.86. The highest BCUT2D eigenvalue weighted by atomic mass is 16.5. The second-order valence-corrected chi connectivity index (χ2v) is 8.07. The van der Waals surface area contributed by atoms with Crippen molar-refractivity contribution in [2.24, 2.45) is 11.7 Å². The van der Waals surface area contributed by atoms with E-state index in [0.717, 1.165) is 53.8 Å². The van der Waals surface area contributed by atoms with E-state index in [1.807, 2.05) is 6.92 Å². The van der Waals surface area contributed by atoms with Crippen molar-refractivity contribution in [1.82, 2.24) is 29.5 Å². The summed E-state index contributed by atoms with van der Waals surface area (Å²) < 4.78 is 7.72. The minimum atomic E-state index is 0.239. The van der Waals surface area contributed by atoms with Crippen molar-refractivity contribution in [1.29, 1.82) is 0 Å². The highest BCUT2D eigenvalue weighted by Crippen LogP contribution is 2.35. The second-order valence-electron chi connectivity index (χ2n) is 8.07. The van der Waals surface area contributed by atoms with Gasteiger partial charge in [-0.1, -0.05) is 0 Å². The molecule has 3 aromatic rings. The van der Waals surface area contributed by atoms with Crippen LogP contribution in [0.2, 0.25) is 0 Å². The number of rotatable bonds is 7. The molecule has 2 fully saturated rings. The first-order chi connectivity index (χ1) is 15.1. The average Bonchev–Trinajstić information content (AvgIpc) is 3.53. The lowest BCUT2D eigenvalue weighted by Crippen LogP contribution is -2.37. The molecule has 0 unspecified atom stereocenters. The van der Waals surface area contributed by atoms with Crippen LogP contribution >= 0.6 is 0 Å². The molecule has 3 aromatic heterocycles. The monoisotopic (exact) mass is 424 g/mol. The van der Waals surface area contributed by atoms with Crippen LogP contribution < -0.4 is 21.7 Å². The second kappa shape index (κ2) is 8.23. The Labute approximate surface area is 180 Å². The van der Waals surface area contributed by atoms with Gasteiger partial charge < -0.3 is 26.4 Å². The van der Waals surface area contributed by atoms with E-state index in [4.69, 9.17) is 31.2 Å². The summed E-state index contributed by atoms with van der Waals surface area (Å²) in [7, 11) is 0. The number of hydrogen-bond donors (Lipinski definition) is 3. The number of imidazole rings is 1. The summed E-state index contributed by atoms with van der Waals surface area (Å²) >= 11 is 0. The van der Waals surface area contributed by atoms with Crippen molar-refractivity contribution < 1.29 is 4.74 Å². The summed E-state index contributed by atoms with van der Waals surface area (Å²) in [6.07, 6.45) is 4.15. The molecule has 1 saturated heterocycles. The first kappa shape index (κ1) is 19.9. The van der Waals surface area contributed by atoms with Crippen LogP contribution in [-0.4, -0.2) is 68.9 Å². The van der Waals surface area contributed by atoms with Gasteiger partial charge >= 0.3 is 0 Å². The zero-order chi connectivity index (χ0) is 21.4. The molecule has 0 aromatic carbocycles. The summed E-state index contributed by atoms with van der Waals surface area (Å²) in [5, 5.41) is 3.37. The Hall–Kier alpha value is -3.05. The van der Waals surface area contributed by atoms with Gasteiger partial charge in [0.1, 0.15) is 0 Å². The molecule has 1 saturated carbocycles. The summed E-state index contributed by atoms with van der Waals surface area (Å²) in [6.45, 7) is 6.77. The van der Waals surface area contributed by atoms with Gasteiger partial charge in [-0.15, -0.1) is 0 Å². The first-order valence-corrected chi connectivity index (χ1v) is 10.8. The van der Waals surface area contributed by atoms with Crippen LogP contribution in [0, 0.1) is 12.8 Å². The van der Waals surface area contributed by atoms with Crippen molar-refractivity contribution in [3.05, 3.63) is 11.9 Å². The zero-order valence-corrected chi connectivity index (χ0v) is 17.7. The maximum atomic E-state index is 5.76. The van der Waals surface area contributed by atoms with Gasteiger partial charge in [0.15, 0.2) is 22.8 Å². The Balaban J connectivity index is 1.70. The number of ether oxygens (including phenoxy) is 1. The molecule has 1 aliphatic heterocycles. The van der Waals surface area contributed by atoms with Gasteiger partial charge in [0.2, 0.25) is 11.9 Å². The number of hydrogen-bond acceptors (Lipinski definition) is 10. The molecule has 5 N–H and O–H groups in total. The van der Waals surface area contributed by atoms with Crippen LogP contribution in [0.3, 0.4) is 0 Å². The van der Waals surface area contributed by atoms with E-state index in [-0.39, 0.29) is 5.95 Å². The molecule has 164 valence electrons. The van der Waals surface area contributed by atoms with Crippen molar-refractivity contribution in [2.75, 3.05) is 55.3 Å². The molecule has 31 heavy (non-hydrogen) atoms. The van der Waals surface area contributed by atoms with Gasteiger partial charge in [0.25, 0.3) is 0 Å². The SMILES string of the molecule is Cc1nc(N)ncc1-c1nc(N2CCOCC2)c2nc(NCCN)n(CC3CC3)c2n1. The third kappa shape index (κ3) is 3.98. The lowest BCUT2D eigenvalue weighted by molar-refractivity contribution is 0.122. The van der Waals surface area contributed by atoms with Crippen molar-refractivity contribution in [2.45, 2.75) is 26.3 Å². The molecule has 0 bridgehead atoms. The van der Waals surface area contributed by atoms with Crippen LogP contribution in [0.15, 0.2) is 6.20 Å². The number of nitrogens with zero attached hydrogens (tertiary/aromatic N) is 7. The van der Waals surface area contributed by atoms with E-state index in [2.05, 4.69) is 24.8 Å². The maximum Gasteiger partial charge on any atom is 0.220 e. The third-order valence-electron chi connectivity index (χ3n) is 5.69. The molecule has 4 heterocycles. The summed E-state index contributed by atoms with van der Waals surface area (Å²) in [5.74, 6) is 3.07. The van der Waals surface area contributed by atoms with E-state index < -0.39 is 0 Å². The van der Waals surface area contributed by atoms with Gasteiger partial charge in [0, 0.05) is 38.9 Å². The largest absolute Gasteiger partial charge is 0.378 e. The molecule has 11 heteroatoms. The normalized spacial score (nSPS) is 16.8. The zero-order valence-electron chi connectivity index (χ0n) is 17.7. The number of aryl methyl sites for hydroxylation is 1. The quantitative estimate of drug-likeness (QED) is 0.497. The Morgan fingerprint density at radius 3 is 2.68 bits per heavy atom. The Bertz CT molecular complexity index is 1090. The van der Waals surface area contributed by atoms with Crippen molar-refractivity contribution in [3.8, 4) is 11.4 Å². The fourth-order valence-corrected chi connectivity index (χ4v) is 3.86. The minimum absolute atomic E-state index is 0.239. The number of aromatic nitrogens is 6. The number of fused-ring (bicyclic) bond motifs is 1. The molecule has 11 nitrogen and oxygen atoms in total.